The second-order valence-corrected chi connectivity index (χ2v) is 8.83. The van der Waals surface area contributed by atoms with Gasteiger partial charge in [0.2, 0.25) is 5.88 Å². The van der Waals surface area contributed by atoms with E-state index in [1.807, 2.05) is 51.0 Å². The summed E-state index contributed by atoms with van der Waals surface area (Å²) in [5.74, 6) is 1.30. The molecule has 0 radical (unpaired) electrons. The van der Waals surface area contributed by atoms with E-state index < -0.39 is 0 Å². The van der Waals surface area contributed by atoms with Gasteiger partial charge in [-0.1, -0.05) is 19.8 Å². The molecule has 0 bridgehead atoms. The van der Waals surface area contributed by atoms with E-state index in [1.54, 1.807) is 24.8 Å². The number of carbonyl (C=O) groups is 1. The van der Waals surface area contributed by atoms with Crippen LogP contribution in [0.5, 0.6) is 5.88 Å². The molecule has 0 aliphatic heterocycles. The van der Waals surface area contributed by atoms with Crippen molar-refractivity contribution in [2.75, 3.05) is 20.7 Å². The fourth-order valence-corrected chi connectivity index (χ4v) is 3.14. The Morgan fingerprint density at radius 1 is 1.21 bits per heavy atom. The van der Waals surface area contributed by atoms with Gasteiger partial charge in [0.05, 0.1) is 36.9 Å². The predicted molar refractivity (Wildman–Crippen MR) is 137 cm³/mol. The Morgan fingerprint density at radius 3 is 2.62 bits per heavy atom. The highest BCUT2D eigenvalue weighted by molar-refractivity contribution is 5.94. The van der Waals surface area contributed by atoms with E-state index in [0.29, 0.717) is 37.0 Å². The van der Waals surface area contributed by atoms with Gasteiger partial charge in [0.1, 0.15) is 5.69 Å². The van der Waals surface area contributed by atoms with Crippen molar-refractivity contribution in [3.05, 3.63) is 65.5 Å². The molecule has 1 amide bonds. The summed E-state index contributed by atoms with van der Waals surface area (Å²) in [5.41, 5.74) is 4.50. The first-order valence-corrected chi connectivity index (χ1v) is 11.6. The molecule has 3 aromatic rings. The number of aromatic nitrogens is 4. The molecule has 1 aliphatic carbocycles. The van der Waals surface area contributed by atoms with Gasteiger partial charge in [-0.3, -0.25) is 19.7 Å². The summed E-state index contributed by atoms with van der Waals surface area (Å²) < 4.78 is 5.43. The molecule has 8 heteroatoms. The highest BCUT2D eigenvalue weighted by Gasteiger charge is 2.16. The lowest BCUT2D eigenvalue weighted by molar-refractivity contribution is 0.0943. The lowest BCUT2D eigenvalue weighted by Gasteiger charge is -2.15. The van der Waals surface area contributed by atoms with E-state index in [0.717, 1.165) is 28.3 Å². The normalized spacial score (nSPS) is 12.6. The number of amides is 1. The Hall–Kier alpha value is -3.39. The topological polar surface area (TPSA) is 93.1 Å². The van der Waals surface area contributed by atoms with Crippen LogP contribution in [0.1, 0.15) is 56.9 Å². The van der Waals surface area contributed by atoms with E-state index in [1.165, 1.54) is 12.8 Å². The van der Waals surface area contributed by atoms with Crippen molar-refractivity contribution in [2.24, 2.45) is 5.92 Å². The van der Waals surface area contributed by atoms with Crippen LogP contribution in [0.4, 0.5) is 0 Å². The number of pyridine rings is 2. The van der Waals surface area contributed by atoms with Crippen LogP contribution >= 0.6 is 0 Å². The monoisotopic (exact) mass is 466 g/mol. The zero-order chi connectivity index (χ0) is 24.5. The molecular weight excluding hydrogens is 428 g/mol. The highest BCUT2D eigenvalue weighted by Crippen LogP contribution is 2.26. The minimum absolute atomic E-state index is 0. The molecule has 1 saturated carbocycles. The van der Waals surface area contributed by atoms with Crippen LogP contribution in [0.25, 0.3) is 11.3 Å². The van der Waals surface area contributed by atoms with Gasteiger partial charge in [-0.15, -0.1) is 0 Å². The number of nitrogens with one attached hydrogen (secondary N) is 1. The van der Waals surface area contributed by atoms with E-state index in [9.17, 15) is 4.79 Å². The van der Waals surface area contributed by atoms with Crippen LogP contribution in [0.3, 0.4) is 0 Å². The number of nitrogens with zero attached hydrogens (tertiary/aromatic N) is 5. The standard InChI is InChI=1S/C22H26N6O2.C4H8.2H2/c1-5-30-20-13-23-12-19(27-20)16-9-17(14-28(3)4)21(25-10-16)22(29)26-11-18-8-15(2)6-7-24-18;1-4-2-3-4;;/h6-10,12-13H,5,11,14H2,1-4H3,(H,26,29);4H,2-3H2,1H3;2*1H. The minimum Gasteiger partial charge on any atom is -0.477 e. The fourth-order valence-electron chi connectivity index (χ4n) is 3.14. The van der Waals surface area contributed by atoms with Crippen LogP contribution in [0.2, 0.25) is 0 Å². The molecule has 0 aromatic carbocycles. The minimum atomic E-state index is -0.240. The van der Waals surface area contributed by atoms with Gasteiger partial charge in [-0.2, -0.15) is 0 Å². The summed E-state index contributed by atoms with van der Waals surface area (Å²) in [6.45, 7) is 7.58. The summed E-state index contributed by atoms with van der Waals surface area (Å²) in [5, 5.41) is 2.91. The second kappa shape index (κ2) is 12.2. The summed E-state index contributed by atoms with van der Waals surface area (Å²) in [6.07, 6.45) is 9.57. The maximum absolute atomic E-state index is 12.8. The number of hydrogen-bond donors (Lipinski definition) is 1. The molecular formula is C26H38N6O2. The average Bonchev–Trinajstić information content (AvgIpc) is 3.60. The lowest BCUT2D eigenvalue weighted by atomic mass is 10.1. The van der Waals surface area contributed by atoms with Gasteiger partial charge in [-0.25, -0.2) is 4.98 Å². The van der Waals surface area contributed by atoms with Crippen molar-refractivity contribution < 1.29 is 12.4 Å². The quantitative estimate of drug-likeness (QED) is 0.521. The average molecular weight is 467 g/mol. The Balaban J connectivity index is 0.000000982. The summed E-state index contributed by atoms with van der Waals surface area (Å²) in [4.78, 5) is 32.2. The van der Waals surface area contributed by atoms with Crippen LogP contribution in [-0.4, -0.2) is 51.4 Å². The zero-order valence-electron chi connectivity index (χ0n) is 20.7. The van der Waals surface area contributed by atoms with Gasteiger partial charge in [0, 0.05) is 27.4 Å². The summed E-state index contributed by atoms with van der Waals surface area (Å²) in [6, 6.07) is 5.79. The Labute approximate surface area is 204 Å². The van der Waals surface area contributed by atoms with E-state index in [-0.39, 0.29) is 8.76 Å². The molecule has 8 nitrogen and oxygen atoms in total. The smallest absolute Gasteiger partial charge is 0.270 e. The van der Waals surface area contributed by atoms with Gasteiger partial charge in [-0.05, 0) is 63.2 Å². The molecule has 34 heavy (non-hydrogen) atoms. The van der Waals surface area contributed by atoms with Gasteiger partial charge < -0.3 is 15.0 Å². The van der Waals surface area contributed by atoms with Crippen LogP contribution < -0.4 is 10.1 Å². The van der Waals surface area contributed by atoms with E-state index in [2.05, 4.69) is 32.2 Å². The summed E-state index contributed by atoms with van der Waals surface area (Å²) >= 11 is 0. The van der Waals surface area contributed by atoms with Crippen molar-refractivity contribution in [1.29, 1.82) is 0 Å². The van der Waals surface area contributed by atoms with Crippen molar-refractivity contribution >= 4 is 5.91 Å². The highest BCUT2D eigenvalue weighted by atomic mass is 16.5. The molecule has 4 rings (SSSR count). The Bertz CT molecular complexity index is 1110. The van der Waals surface area contributed by atoms with Crippen molar-refractivity contribution in [3.63, 3.8) is 0 Å². The number of rotatable bonds is 8. The third kappa shape index (κ3) is 7.88. The van der Waals surface area contributed by atoms with Crippen LogP contribution in [0, 0.1) is 12.8 Å². The fraction of sp³-hybridized carbons (Fsp3) is 0.423. The van der Waals surface area contributed by atoms with Crippen molar-refractivity contribution in [2.45, 2.75) is 46.7 Å². The molecule has 3 heterocycles. The molecule has 3 aromatic heterocycles. The number of aryl methyl sites for hydroxylation is 1. The van der Waals surface area contributed by atoms with Gasteiger partial charge in [0.25, 0.3) is 5.91 Å². The number of hydrogen-bond acceptors (Lipinski definition) is 7. The number of ether oxygens (including phenoxy) is 1. The molecule has 0 unspecified atom stereocenters. The van der Waals surface area contributed by atoms with E-state index >= 15 is 0 Å². The van der Waals surface area contributed by atoms with Crippen molar-refractivity contribution in [3.8, 4) is 17.1 Å². The maximum Gasteiger partial charge on any atom is 0.270 e. The second-order valence-electron chi connectivity index (χ2n) is 8.83. The lowest BCUT2D eigenvalue weighted by Crippen LogP contribution is -2.27. The Kier molecular flexibility index (Phi) is 9.04. The first-order chi connectivity index (χ1) is 16.4. The third-order valence-corrected chi connectivity index (χ3v) is 5.14. The molecule has 0 saturated heterocycles. The number of carbonyl (C=O) groups excluding carboxylic acids is 1. The molecule has 1 fully saturated rings. The first kappa shape index (κ1) is 25.2. The van der Waals surface area contributed by atoms with E-state index in [4.69, 9.17) is 4.74 Å². The predicted octanol–water partition coefficient (Wildman–Crippen LogP) is 4.54. The van der Waals surface area contributed by atoms with Crippen LogP contribution in [-0.2, 0) is 13.1 Å². The molecule has 0 atom stereocenters. The largest absolute Gasteiger partial charge is 0.477 e. The van der Waals surface area contributed by atoms with Gasteiger partial charge >= 0.3 is 0 Å². The molecule has 1 N–H and O–H groups in total. The zero-order valence-corrected chi connectivity index (χ0v) is 20.7. The van der Waals surface area contributed by atoms with Gasteiger partial charge in [0.15, 0.2) is 0 Å². The SMILES string of the molecule is CC1CC1.CCOc1cncc(-c2cnc(C(=O)NCc3cc(C)ccn3)c(CN(C)C)c2)n1.[HH].[HH]. The maximum atomic E-state index is 12.8. The summed E-state index contributed by atoms with van der Waals surface area (Å²) in [7, 11) is 3.89. The third-order valence-electron chi connectivity index (χ3n) is 5.14. The first-order valence-electron chi connectivity index (χ1n) is 11.6. The van der Waals surface area contributed by atoms with Crippen molar-refractivity contribution in [1.82, 2.24) is 30.2 Å². The Morgan fingerprint density at radius 2 is 1.97 bits per heavy atom. The molecule has 184 valence electrons. The molecule has 1 aliphatic rings. The molecule has 0 spiro atoms. The van der Waals surface area contributed by atoms with Crippen LogP contribution in [0.15, 0.2) is 43.0 Å².